The van der Waals surface area contributed by atoms with Crippen molar-refractivity contribution in [2.45, 2.75) is 19.4 Å². The average Bonchev–Trinajstić information content (AvgIpc) is 2.50. The van der Waals surface area contributed by atoms with Crippen molar-refractivity contribution in [1.29, 1.82) is 0 Å². The summed E-state index contributed by atoms with van der Waals surface area (Å²) in [6, 6.07) is 6.07. The topological polar surface area (TPSA) is 54.1 Å². The van der Waals surface area contributed by atoms with Gasteiger partial charge in [0.2, 0.25) is 0 Å². The molecule has 4 nitrogen and oxygen atoms in total. The second-order valence-electron chi connectivity index (χ2n) is 5.54. The summed E-state index contributed by atoms with van der Waals surface area (Å²) in [6.07, 6.45) is 2.26. The molecule has 1 aromatic heterocycles. The molecule has 3 rings (SSSR count). The molecule has 0 aliphatic carbocycles. The Morgan fingerprint density at radius 3 is 3.14 bits per heavy atom. The lowest BCUT2D eigenvalue weighted by Crippen LogP contribution is -2.29. The van der Waals surface area contributed by atoms with Gasteiger partial charge in [0.25, 0.3) is 0 Å². The zero-order chi connectivity index (χ0) is 14.7. The van der Waals surface area contributed by atoms with Gasteiger partial charge in [-0.25, -0.2) is 4.39 Å². The van der Waals surface area contributed by atoms with E-state index in [2.05, 4.69) is 10.3 Å². The minimum Gasteiger partial charge on any atom is -0.381 e. The summed E-state index contributed by atoms with van der Waals surface area (Å²) >= 11 is 0. The lowest BCUT2D eigenvalue weighted by atomic mass is 10.0. The van der Waals surface area contributed by atoms with Crippen molar-refractivity contribution in [2.75, 3.05) is 19.8 Å². The molecule has 0 saturated carbocycles. The fourth-order valence-electron chi connectivity index (χ4n) is 2.76. The molecule has 0 unspecified atom stereocenters. The number of benzene rings is 1. The maximum Gasteiger partial charge on any atom is 0.189 e. The third kappa shape index (κ3) is 3.31. The molecular formula is C16H19FN2O2. The fraction of sp³-hybridized carbons (Fsp3) is 0.438. The van der Waals surface area contributed by atoms with E-state index in [9.17, 15) is 9.18 Å². The van der Waals surface area contributed by atoms with E-state index in [1.54, 1.807) is 12.1 Å². The second-order valence-corrected chi connectivity index (χ2v) is 5.54. The maximum atomic E-state index is 13.8. The number of rotatable bonds is 4. The van der Waals surface area contributed by atoms with Crippen LogP contribution in [0.4, 0.5) is 4.39 Å². The Balaban J connectivity index is 1.69. The first-order chi connectivity index (χ1) is 10.2. The molecule has 5 heteroatoms. The Morgan fingerprint density at radius 2 is 2.33 bits per heavy atom. The minimum atomic E-state index is -0.396. The molecule has 0 spiro atoms. The molecule has 1 aliphatic rings. The van der Waals surface area contributed by atoms with Crippen LogP contribution >= 0.6 is 0 Å². The van der Waals surface area contributed by atoms with Gasteiger partial charge in [-0.3, -0.25) is 4.79 Å². The van der Waals surface area contributed by atoms with Crippen molar-refractivity contribution in [3.8, 4) is 0 Å². The lowest BCUT2D eigenvalue weighted by molar-refractivity contribution is 0.0547. The number of pyridine rings is 1. The van der Waals surface area contributed by atoms with Gasteiger partial charge in [-0.1, -0.05) is 6.07 Å². The zero-order valence-electron chi connectivity index (χ0n) is 11.8. The van der Waals surface area contributed by atoms with Crippen LogP contribution in [-0.2, 0) is 11.3 Å². The van der Waals surface area contributed by atoms with Crippen molar-refractivity contribution in [3.63, 3.8) is 0 Å². The van der Waals surface area contributed by atoms with Crippen LogP contribution in [-0.4, -0.2) is 24.7 Å². The van der Waals surface area contributed by atoms with Crippen molar-refractivity contribution in [2.24, 2.45) is 5.92 Å². The van der Waals surface area contributed by atoms with Gasteiger partial charge in [0.05, 0.1) is 12.1 Å². The number of hydrogen-bond donors (Lipinski definition) is 2. The Labute approximate surface area is 122 Å². The van der Waals surface area contributed by atoms with Crippen LogP contribution in [0.15, 0.2) is 29.1 Å². The number of H-pyrrole nitrogens is 1. The highest BCUT2D eigenvalue weighted by Crippen LogP contribution is 2.14. The highest BCUT2D eigenvalue weighted by molar-refractivity contribution is 5.78. The van der Waals surface area contributed by atoms with Crippen molar-refractivity contribution >= 4 is 10.9 Å². The monoisotopic (exact) mass is 290 g/mol. The Kier molecular flexibility index (Phi) is 4.31. The molecule has 2 heterocycles. The number of hydrogen-bond acceptors (Lipinski definition) is 3. The summed E-state index contributed by atoms with van der Waals surface area (Å²) in [6.45, 7) is 3.01. The van der Waals surface area contributed by atoms with Gasteiger partial charge in [0.1, 0.15) is 5.82 Å². The van der Waals surface area contributed by atoms with E-state index < -0.39 is 5.82 Å². The van der Waals surface area contributed by atoms with Crippen molar-refractivity contribution in [1.82, 2.24) is 10.3 Å². The van der Waals surface area contributed by atoms with E-state index in [0.717, 1.165) is 32.6 Å². The third-order valence-corrected chi connectivity index (χ3v) is 3.87. The summed E-state index contributed by atoms with van der Waals surface area (Å²) in [4.78, 5) is 15.0. The molecule has 1 atom stereocenters. The molecule has 1 aromatic carbocycles. The molecule has 2 aromatic rings. The molecule has 0 radical (unpaired) electrons. The molecule has 0 amide bonds. The predicted octanol–water partition coefficient (Wildman–Crippen LogP) is 2.18. The Bertz CT molecular complexity index is 678. The van der Waals surface area contributed by atoms with Crippen molar-refractivity contribution < 1.29 is 9.13 Å². The van der Waals surface area contributed by atoms with Crippen LogP contribution in [0, 0.1) is 11.7 Å². The first kappa shape index (κ1) is 14.2. The third-order valence-electron chi connectivity index (χ3n) is 3.87. The number of halogens is 1. The first-order valence-electron chi connectivity index (χ1n) is 7.33. The Morgan fingerprint density at radius 1 is 1.43 bits per heavy atom. The Hall–Kier alpha value is -1.72. The lowest BCUT2D eigenvalue weighted by Gasteiger charge is -2.22. The number of ether oxygens (including phenoxy) is 1. The summed E-state index contributed by atoms with van der Waals surface area (Å²) in [5.41, 5.74) is 0.832. The van der Waals surface area contributed by atoms with Gasteiger partial charge in [-0.05, 0) is 30.9 Å². The number of aromatic nitrogens is 1. The average molecular weight is 290 g/mol. The van der Waals surface area contributed by atoms with E-state index in [4.69, 9.17) is 4.74 Å². The van der Waals surface area contributed by atoms with Gasteiger partial charge in [-0.15, -0.1) is 0 Å². The van der Waals surface area contributed by atoms with Crippen molar-refractivity contribution in [3.05, 3.63) is 46.0 Å². The van der Waals surface area contributed by atoms with Crippen LogP contribution in [0.3, 0.4) is 0 Å². The number of aromatic amines is 1. The highest BCUT2D eigenvalue weighted by atomic mass is 19.1. The second kappa shape index (κ2) is 6.37. The van der Waals surface area contributed by atoms with E-state index in [1.807, 2.05) is 0 Å². The molecule has 1 saturated heterocycles. The van der Waals surface area contributed by atoms with E-state index in [1.165, 1.54) is 12.1 Å². The minimum absolute atomic E-state index is 0.152. The van der Waals surface area contributed by atoms with Crippen LogP contribution in [0.5, 0.6) is 0 Å². The fourth-order valence-corrected chi connectivity index (χ4v) is 2.76. The van der Waals surface area contributed by atoms with Crippen LogP contribution in [0.2, 0.25) is 0 Å². The predicted molar refractivity (Wildman–Crippen MR) is 79.8 cm³/mol. The smallest absolute Gasteiger partial charge is 0.189 e. The van der Waals surface area contributed by atoms with Gasteiger partial charge in [0, 0.05) is 36.8 Å². The first-order valence-corrected chi connectivity index (χ1v) is 7.33. The quantitative estimate of drug-likeness (QED) is 0.907. The largest absolute Gasteiger partial charge is 0.381 e. The highest BCUT2D eigenvalue weighted by Gasteiger charge is 2.13. The van der Waals surface area contributed by atoms with E-state index in [-0.39, 0.29) is 10.9 Å². The molecule has 1 fully saturated rings. The molecule has 2 N–H and O–H groups in total. The molecular weight excluding hydrogens is 271 g/mol. The maximum absolute atomic E-state index is 13.8. The molecule has 0 bridgehead atoms. The van der Waals surface area contributed by atoms with E-state index >= 15 is 0 Å². The van der Waals surface area contributed by atoms with Gasteiger partial charge < -0.3 is 15.0 Å². The summed E-state index contributed by atoms with van der Waals surface area (Å²) < 4.78 is 19.2. The molecule has 21 heavy (non-hydrogen) atoms. The summed E-state index contributed by atoms with van der Waals surface area (Å²) in [5.74, 6) is 0.120. The van der Waals surface area contributed by atoms with Crippen LogP contribution in [0.1, 0.15) is 18.5 Å². The summed E-state index contributed by atoms with van der Waals surface area (Å²) in [7, 11) is 0. The standard InChI is InChI=1S/C16H19FN2O2/c17-14-5-1-4-13-15(20)7-12(19-16(13)14)9-18-8-11-3-2-6-21-10-11/h1,4-5,7,11,18H,2-3,6,8-10H2,(H,19,20)/t11-/m1/s1. The van der Waals surface area contributed by atoms with E-state index in [0.29, 0.717) is 23.5 Å². The molecule has 112 valence electrons. The normalized spacial score (nSPS) is 19.0. The molecule has 1 aliphatic heterocycles. The number of nitrogens with one attached hydrogen (secondary N) is 2. The number of fused-ring (bicyclic) bond motifs is 1. The van der Waals surface area contributed by atoms with Gasteiger partial charge in [-0.2, -0.15) is 0 Å². The van der Waals surface area contributed by atoms with Crippen LogP contribution in [0.25, 0.3) is 10.9 Å². The van der Waals surface area contributed by atoms with Crippen LogP contribution < -0.4 is 10.7 Å². The summed E-state index contributed by atoms with van der Waals surface area (Å²) in [5, 5.41) is 3.70. The number of para-hydroxylation sites is 1. The zero-order valence-corrected chi connectivity index (χ0v) is 11.8. The van der Waals surface area contributed by atoms with Gasteiger partial charge in [0.15, 0.2) is 5.43 Å². The van der Waals surface area contributed by atoms with Gasteiger partial charge >= 0.3 is 0 Å². The SMILES string of the molecule is O=c1cc(CNC[C@H]2CCCOC2)[nH]c2c(F)cccc12.